The van der Waals surface area contributed by atoms with Crippen molar-refractivity contribution >= 4 is 29.5 Å². The van der Waals surface area contributed by atoms with Gasteiger partial charge in [0.05, 0.1) is 36.5 Å². The summed E-state index contributed by atoms with van der Waals surface area (Å²) >= 11 is 1.52. The molecule has 11 heteroatoms. The third-order valence-electron chi connectivity index (χ3n) is 8.60. The normalized spacial score (nSPS) is 21.5. The summed E-state index contributed by atoms with van der Waals surface area (Å²) in [7, 11) is 0. The SMILES string of the molecule is CC(C)(C)OC(=O)N[C@@H]1c2ccccc2CC12CCN(c1cnc(Sc3ccnc4c3OCC3(COC3)N4)cn1)CC2. The Morgan fingerprint density at radius 3 is 2.62 bits per heavy atom. The molecular weight excluding hydrogens is 552 g/mol. The number of alkyl carbamates (subject to hydrolysis) is 1. The monoisotopic (exact) mass is 588 g/mol. The molecule has 0 bridgehead atoms. The predicted molar refractivity (Wildman–Crippen MR) is 159 cm³/mol. The maximum atomic E-state index is 12.8. The first-order chi connectivity index (χ1) is 20.2. The van der Waals surface area contributed by atoms with Crippen LogP contribution in [-0.4, -0.2) is 65.1 Å². The van der Waals surface area contributed by atoms with Crippen molar-refractivity contribution in [3.05, 3.63) is 60.0 Å². The number of hydrogen-bond donors (Lipinski definition) is 2. The van der Waals surface area contributed by atoms with Gasteiger partial charge in [0, 0.05) is 24.7 Å². The third-order valence-corrected chi connectivity index (χ3v) is 9.56. The molecule has 5 heterocycles. The standard InChI is InChI=1S/C31H36N6O4S/c1-29(2,3)41-28(38)35-26-21-7-5-4-6-20(21)14-30(26)9-12-37(13-10-30)23-15-34-24(16-33-23)42-22-8-11-32-27-25(22)40-19-31(36-27)17-39-18-31/h4-8,11,15-16,26H,9-10,12-14,17-19H2,1-3H3,(H,32,36)(H,35,38)/t26-/m1/s1. The lowest BCUT2D eigenvalue weighted by Crippen LogP contribution is -2.61. The summed E-state index contributed by atoms with van der Waals surface area (Å²) in [5, 5.41) is 7.52. The molecule has 0 saturated carbocycles. The molecule has 1 atom stereocenters. The van der Waals surface area contributed by atoms with Gasteiger partial charge in [-0.05, 0) is 57.2 Å². The molecule has 42 heavy (non-hydrogen) atoms. The van der Waals surface area contributed by atoms with E-state index >= 15 is 0 Å². The first kappa shape index (κ1) is 27.3. The molecule has 1 aromatic carbocycles. The molecule has 2 fully saturated rings. The maximum absolute atomic E-state index is 12.8. The minimum atomic E-state index is -0.545. The number of rotatable bonds is 4. The van der Waals surface area contributed by atoms with Gasteiger partial charge < -0.3 is 29.7 Å². The van der Waals surface area contributed by atoms with Gasteiger partial charge >= 0.3 is 6.09 Å². The Morgan fingerprint density at radius 2 is 1.90 bits per heavy atom. The van der Waals surface area contributed by atoms with E-state index in [4.69, 9.17) is 24.2 Å². The zero-order chi connectivity index (χ0) is 29.0. The predicted octanol–water partition coefficient (Wildman–Crippen LogP) is 5.00. The molecule has 1 aliphatic carbocycles. The van der Waals surface area contributed by atoms with E-state index in [9.17, 15) is 4.79 Å². The van der Waals surface area contributed by atoms with Crippen LogP contribution in [0.3, 0.4) is 0 Å². The lowest BCUT2D eigenvalue weighted by Gasteiger charge is -2.45. The second kappa shape index (κ2) is 10.3. The minimum absolute atomic E-state index is 0.0566. The lowest BCUT2D eigenvalue weighted by molar-refractivity contribution is -0.0652. The molecule has 2 aromatic heterocycles. The van der Waals surface area contributed by atoms with E-state index in [1.165, 1.54) is 22.9 Å². The fraction of sp³-hybridized carbons (Fsp3) is 0.484. The van der Waals surface area contributed by atoms with E-state index in [-0.39, 0.29) is 23.1 Å². The van der Waals surface area contributed by atoms with Crippen molar-refractivity contribution in [2.75, 3.05) is 43.1 Å². The molecule has 7 rings (SSSR count). The van der Waals surface area contributed by atoms with Crippen LogP contribution < -0.4 is 20.3 Å². The lowest BCUT2D eigenvalue weighted by atomic mass is 9.72. The van der Waals surface area contributed by atoms with Crippen LogP contribution in [0.5, 0.6) is 5.75 Å². The number of aromatic nitrogens is 3. The minimum Gasteiger partial charge on any atom is -0.486 e. The number of anilines is 2. The smallest absolute Gasteiger partial charge is 0.408 e. The van der Waals surface area contributed by atoms with Crippen molar-refractivity contribution in [1.29, 1.82) is 0 Å². The Balaban J connectivity index is 1.02. The highest BCUT2D eigenvalue weighted by Crippen LogP contribution is 2.52. The number of ether oxygens (including phenoxy) is 3. The van der Waals surface area contributed by atoms with Crippen LogP contribution in [-0.2, 0) is 15.9 Å². The molecule has 2 saturated heterocycles. The van der Waals surface area contributed by atoms with Crippen molar-refractivity contribution < 1.29 is 19.0 Å². The van der Waals surface area contributed by atoms with E-state index in [1.807, 2.05) is 39.2 Å². The van der Waals surface area contributed by atoms with Crippen LogP contribution in [0.2, 0.25) is 0 Å². The van der Waals surface area contributed by atoms with Gasteiger partial charge in [-0.15, -0.1) is 0 Å². The number of fused-ring (bicyclic) bond motifs is 2. The highest BCUT2D eigenvalue weighted by atomic mass is 32.2. The second-order valence-electron chi connectivity index (χ2n) is 12.8. The molecule has 4 aliphatic rings. The first-order valence-electron chi connectivity index (χ1n) is 14.5. The largest absolute Gasteiger partial charge is 0.486 e. The van der Waals surface area contributed by atoms with E-state index in [1.54, 1.807) is 6.20 Å². The maximum Gasteiger partial charge on any atom is 0.408 e. The number of nitrogens with one attached hydrogen (secondary N) is 2. The van der Waals surface area contributed by atoms with Gasteiger partial charge in [0.1, 0.15) is 28.6 Å². The van der Waals surface area contributed by atoms with Gasteiger partial charge in [0.15, 0.2) is 11.6 Å². The van der Waals surface area contributed by atoms with Crippen molar-refractivity contribution in [3.8, 4) is 5.75 Å². The topological polar surface area (TPSA) is 111 Å². The summed E-state index contributed by atoms with van der Waals surface area (Å²) < 4.78 is 17.1. The Morgan fingerprint density at radius 1 is 1.10 bits per heavy atom. The third kappa shape index (κ3) is 5.13. The van der Waals surface area contributed by atoms with Crippen molar-refractivity contribution in [3.63, 3.8) is 0 Å². The van der Waals surface area contributed by atoms with Gasteiger partial charge in [-0.3, -0.25) is 0 Å². The summed E-state index contributed by atoms with van der Waals surface area (Å²) in [5.41, 5.74) is 1.74. The molecule has 0 radical (unpaired) electrons. The van der Waals surface area contributed by atoms with Gasteiger partial charge in [-0.1, -0.05) is 36.0 Å². The Bertz CT molecular complexity index is 1480. The molecule has 3 aromatic rings. The van der Waals surface area contributed by atoms with E-state index in [0.29, 0.717) is 19.8 Å². The highest BCUT2D eigenvalue weighted by molar-refractivity contribution is 7.99. The molecular formula is C31H36N6O4S. The number of carbonyl (C=O) groups excluding carboxylic acids is 1. The van der Waals surface area contributed by atoms with Crippen LogP contribution in [0.4, 0.5) is 16.4 Å². The fourth-order valence-corrected chi connectivity index (χ4v) is 7.28. The van der Waals surface area contributed by atoms with Gasteiger partial charge in [-0.2, -0.15) is 0 Å². The quantitative estimate of drug-likeness (QED) is 0.432. The average molecular weight is 589 g/mol. The molecule has 1 amide bonds. The van der Waals surface area contributed by atoms with Crippen LogP contribution in [0.15, 0.2) is 58.8 Å². The number of hydrogen-bond acceptors (Lipinski definition) is 10. The van der Waals surface area contributed by atoms with Crippen molar-refractivity contribution in [2.45, 2.75) is 67.1 Å². The van der Waals surface area contributed by atoms with Crippen LogP contribution >= 0.6 is 11.8 Å². The number of amides is 1. The number of carbonyl (C=O) groups is 1. The molecule has 3 aliphatic heterocycles. The molecule has 2 spiro atoms. The fourth-order valence-electron chi connectivity index (χ4n) is 6.47. The summed E-state index contributed by atoms with van der Waals surface area (Å²) in [6, 6.07) is 10.3. The van der Waals surface area contributed by atoms with Crippen LogP contribution in [0, 0.1) is 5.41 Å². The number of pyridine rings is 1. The average Bonchev–Trinajstić information content (AvgIpc) is 3.24. The molecule has 2 N–H and O–H groups in total. The second-order valence-corrected chi connectivity index (χ2v) is 13.9. The summed E-state index contributed by atoms with van der Waals surface area (Å²) in [6.07, 6.45) is 7.91. The Labute approximate surface area is 250 Å². The molecule has 0 unspecified atom stereocenters. The van der Waals surface area contributed by atoms with E-state index in [0.717, 1.165) is 59.7 Å². The zero-order valence-corrected chi connectivity index (χ0v) is 25.0. The number of benzene rings is 1. The summed E-state index contributed by atoms with van der Waals surface area (Å²) in [5.74, 6) is 2.36. The van der Waals surface area contributed by atoms with Gasteiger partial charge in [0.2, 0.25) is 0 Å². The van der Waals surface area contributed by atoms with E-state index in [2.05, 4.69) is 44.8 Å². The van der Waals surface area contributed by atoms with Crippen LogP contribution in [0.25, 0.3) is 0 Å². The molecule has 220 valence electrons. The van der Waals surface area contributed by atoms with Crippen LogP contribution in [0.1, 0.15) is 50.8 Å². The zero-order valence-electron chi connectivity index (χ0n) is 24.2. The highest BCUT2D eigenvalue weighted by Gasteiger charge is 2.49. The first-order valence-corrected chi connectivity index (χ1v) is 15.3. The number of piperidine rings is 1. The van der Waals surface area contributed by atoms with Gasteiger partial charge in [0.25, 0.3) is 0 Å². The van der Waals surface area contributed by atoms with Crippen molar-refractivity contribution in [2.24, 2.45) is 5.41 Å². The Hall–Kier alpha value is -3.57. The van der Waals surface area contributed by atoms with Gasteiger partial charge in [-0.25, -0.2) is 19.7 Å². The molecule has 10 nitrogen and oxygen atoms in total. The number of nitrogens with zero attached hydrogens (tertiary/aromatic N) is 4. The summed E-state index contributed by atoms with van der Waals surface area (Å²) in [6.45, 7) is 9.17. The Kier molecular flexibility index (Phi) is 6.69. The van der Waals surface area contributed by atoms with Crippen molar-refractivity contribution in [1.82, 2.24) is 20.3 Å². The van der Waals surface area contributed by atoms with E-state index < -0.39 is 5.60 Å². The summed E-state index contributed by atoms with van der Waals surface area (Å²) in [4.78, 5) is 30.1.